The maximum Gasteiger partial charge on any atom is 0.351 e. The van der Waals surface area contributed by atoms with Crippen molar-refractivity contribution in [2.45, 2.75) is 89.2 Å². The molecule has 3 aliphatic rings. The lowest BCUT2D eigenvalue weighted by Gasteiger charge is -2.21. The van der Waals surface area contributed by atoms with Gasteiger partial charge in [0, 0.05) is 0 Å². The lowest BCUT2D eigenvalue weighted by Crippen LogP contribution is -2.41. The molecule has 6 heterocycles. The van der Waals surface area contributed by atoms with E-state index in [2.05, 4.69) is 29.9 Å². The summed E-state index contributed by atoms with van der Waals surface area (Å²) in [5.41, 5.74) is -2.07. The van der Waals surface area contributed by atoms with Crippen LogP contribution in [0.1, 0.15) is 33.6 Å². The number of nitrogens with zero attached hydrogens (tertiary/aromatic N) is 9. The summed E-state index contributed by atoms with van der Waals surface area (Å²) in [6, 6.07) is 0. The van der Waals surface area contributed by atoms with Crippen molar-refractivity contribution in [3.63, 3.8) is 0 Å². The van der Waals surface area contributed by atoms with Gasteiger partial charge in [0.15, 0.2) is 17.7 Å². The number of alkyl halides is 4. The Morgan fingerprint density at radius 1 is 0.635 bits per heavy atom. The molecule has 3 fully saturated rings. The fourth-order valence-electron chi connectivity index (χ4n) is 5.05. The number of halogens is 4. The molecule has 0 aromatic carbocycles. The highest BCUT2D eigenvalue weighted by Gasteiger charge is 2.58. The normalized spacial score (nSPS) is 32.1. The van der Waals surface area contributed by atoms with Gasteiger partial charge in [-0.05, 0) is 20.8 Å². The number of hydrogen-bond donors (Lipinski definition) is 6. The molecule has 3 aliphatic heterocycles. The Bertz CT molecular complexity index is 1780. The predicted molar refractivity (Wildman–Crippen MR) is 178 cm³/mol. The van der Waals surface area contributed by atoms with Crippen molar-refractivity contribution in [1.82, 2.24) is 43.6 Å². The van der Waals surface area contributed by atoms with Crippen LogP contribution in [0.2, 0.25) is 0 Å². The molecule has 52 heavy (non-hydrogen) atoms. The van der Waals surface area contributed by atoms with E-state index >= 15 is 0 Å². The monoisotopic (exact) mass is 801 g/mol. The van der Waals surface area contributed by atoms with E-state index in [9.17, 15) is 47.3 Å². The summed E-state index contributed by atoms with van der Waals surface area (Å²) in [7, 11) is 0. The first-order chi connectivity index (χ1) is 24.5. The second-order valence-electron chi connectivity index (χ2n) is 11.5. The number of rotatable bonds is 6. The average Bonchev–Trinajstić information content (AvgIpc) is 3.63. The minimum absolute atomic E-state index is 0.182. The van der Waals surface area contributed by atoms with Crippen LogP contribution in [0.4, 0.5) is 17.6 Å². The highest BCUT2D eigenvalue weighted by molar-refractivity contribution is 8.00. The number of aromatic nitrogens is 9. The first-order valence-electron chi connectivity index (χ1n) is 15.2. The van der Waals surface area contributed by atoms with Crippen molar-refractivity contribution >= 4 is 35.3 Å². The molecule has 288 valence electrons. The summed E-state index contributed by atoms with van der Waals surface area (Å²) < 4.78 is 58.0. The van der Waals surface area contributed by atoms with Gasteiger partial charge in [0.1, 0.15) is 65.5 Å². The third-order valence-corrected chi connectivity index (χ3v) is 12.5. The quantitative estimate of drug-likeness (QED) is 0.148. The Kier molecular flexibility index (Phi) is 14.0. The Morgan fingerprint density at radius 2 is 0.981 bits per heavy atom. The molecule has 0 saturated carbocycles. The average molecular weight is 802 g/mol. The summed E-state index contributed by atoms with van der Waals surface area (Å²) in [6.07, 6.45) is -4.44. The Morgan fingerprint density at radius 3 is 1.27 bits per heavy atom. The molecule has 0 spiro atoms. The van der Waals surface area contributed by atoms with Crippen molar-refractivity contribution in [3.8, 4) is 0 Å². The Balaban J connectivity index is 0.000000175. The number of thioether (sulfide) groups is 3. The van der Waals surface area contributed by atoms with E-state index < -0.39 is 92.1 Å². The molecule has 3 aromatic rings. The van der Waals surface area contributed by atoms with Crippen LogP contribution < -0.4 is 17.1 Å². The topological polar surface area (TPSA) is 265 Å². The van der Waals surface area contributed by atoms with Crippen LogP contribution in [0.25, 0.3) is 0 Å². The van der Waals surface area contributed by atoms with E-state index in [1.165, 1.54) is 19.6 Å². The third-order valence-electron chi connectivity index (χ3n) is 7.85. The zero-order valence-corrected chi connectivity index (χ0v) is 29.8. The standard InChI is InChI=1S/C9H11F2N3O3S.2C9H12FN3O3S/c1-4-12-3-14(8(17)13-4)7-9(10,11)6(16)5(2-15)18-7;2*1-4-11-3-13(9(16)12-4)8-6(10)7(15)5(2-14)17-8/h3,5-7,15-16H,2H2,1H3;2*3,5-8,14-15H,2H2,1H3/t5-,6-,7-;5-,6+,7-,8-;5-,6-,7-,8-/m111/s1. The fraction of sp³-hybridized carbons (Fsp3) is 0.667. The van der Waals surface area contributed by atoms with Crippen LogP contribution in [-0.2, 0) is 0 Å². The highest BCUT2D eigenvalue weighted by Crippen LogP contribution is 2.51. The minimum Gasteiger partial charge on any atom is -0.395 e. The zero-order chi connectivity index (χ0) is 38.7. The van der Waals surface area contributed by atoms with Gasteiger partial charge in [0.2, 0.25) is 0 Å². The van der Waals surface area contributed by atoms with Crippen LogP contribution >= 0.6 is 35.3 Å². The molecule has 0 unspecified atom stereocenters. The van der Waals surface area contributed by atoms with E-state index in [1.54, 1.807) is 13.8 Å². The molecular weight excluding hydrogens is 767 g/mol. The molecule has 0 radical (unpaired) electrons. The molecule has 25 heteroatoms. The smallest absolute Gasteiger partial charge is 0.351 e. The molecule has 6 N–H and O–H groups in total. The summed E-state index contributed by atoms with van der Waals surface area (Å²) in [6.45, 7) is 3.31. The summed E-state index contributed by atoms with van der Waals surface area (Å²) in [5.74, 6) is -2.73. The van der Waals surface area contributed by atoms with E-state index in [-0.39, 0.29) is 19.0 Å². The van der Waals surface area contributed by atoms with Gasteiger partial charge in [-0.2, -0.15) is 15.0 Å². The van der Waals surface area contributed by atoms with Crippen LogP contribution in [-0.4, -0.2) is 146 Å². The second kappa shape index (κ2) is 17.4. The van der Waals surface area contributed by atoms with E-state index in [0.29, 0.717) is 28.0 Å². The van der Waals surface area contributed by atoms with E-state index in [4.69, 9.17) is 15.3 Å². The summed E-state index contributed by atoms with van der Waals surface area (Å²) in [5, 5.41) is 49.6. The molecule has 11 atom stereocenters. The molecule has 3 aromatic heterocycles. The highest BCUT2D eigenvalue weighted by atomic mass is 32.2. The molecule has 0 amide bonds. The van der Waals surface area contributed by atoms with Crippen LogP contribution in [0.3, 0.4) is 0 Å². The molecule has 18 nitrogen and oxygen atoms in total. The Labute approximate surface area is 303 Å². The van der Waals surface area contributed by atoms with Crippen molar-refractivity contribution in [2.75, 3.05) is 19.8 Å². The first kappa shape index (κ1) is 41.7. The number of aliphatic hydroxyl groups excluding tert-OH is 6. The first-order valence-corrected chi connectivity index (χ1v) is 18.0. The van der Waals surface area contributed by atoms with Crippen LogP contribution in [0.5, 0.6) is 0 Å². The summed E-state index contributed by atoms with van der Waals surface area (Å²) >= 11 is 2.65. The van der Waals surface area contributed by atoms with Crippen molar-refractivity contribution in [1.29, 1.82) is 0 Å². The van der Waals surface area contributed by atoms with Crippen LogP contribution in [0.15, 0.2) is 33.4 Å². The van der Waals surface area contributed by atoms with Gasteiger partial charge in [-0.3, -0.25) is 13.7 Å². The lowest BCUT2D eigenvalue weighted by molar-refractivity contribution is -0.114. The molecule has 6 rings (SSSR count). The van der Waals surface area contributed by atoms with Gasteiger partial charge in [0.25, 0.3) is 0 Å². The maximum absolute atomic E-state index is 13.8. The Hall–Kier alpha value is -3.04. The van der Waals surface area contributed by atoms with Crippen molar-refractivity contribution < 1.29 is 48.2 Å². The molecular formula is C27H35F4N9O9S3. The van der Waals surface area contributed by atoms with Gasteiger partial charge in [0.05, 0.1) is 35.6 Å². The van der Waals surface area contributed by atoms with Gasteiger partial charge >= 0.3 is 23.0 Å². The zero-order valence-electron chi connectivity index (χ0n) is 27.4. The molecule has 0 bridgehead atoms. The molecule has 3 saturated heterocycles. The number of hydrogen-bond acceptors (Lipinski definition) is 18. The fourth-order valence-corrected chi connectivity index (χ4v) is 9.07. The van der Waals surface area contributed by atoms with Gasteiger partial charge in [-0.1, -0.05) is 0 Å². The maximum atomic E-state index is 13.8. The predicted octanol–water partition coefficient (Wildman–Crippen LogP) is -1.95. The summed E-state index contributed by atoms with van der Waals surface area (Å²) in [4.78, 5) is 56.7. The lowest BCUT2D eigenvalue weighted by atomic mass is 10.1. The number of aliphatic hydroxyl groups is 6. The van der Waals surface area contributed by atoms with Crippen molar-refractivity contribution in [3.05, 3.63) is 67.9 Å². The second-order valence-corrected chi connectivity index (χ2v) is 15.5. The molecule has 0 aliphatic carbocycles. The van der Waals surface area contributed by atoms with Gasteiger partial charge in [-0.15, -0.1) is 35.3 Å². The minimum atomic E-state index is -3.53. The largest absolute Gasteiger partial charge is 0.395 e. The van der Waals surface area contributed by atoms with E-state index in [0.717, 1.165) is 39.0 Å². The van der Waals surface area contributed by atoms with Gasteiger partial charge in [-0.25, -0.2) is 46.9 Å². The number of aryl methyl sites for hydroxylation is 3. The van der Waals surface area contributed by atoms with Gasteiger partial charge < -0.3 is 30.6 Å². The third kappa shape index (κ3) is 8.83. The SMILES string of the molecule is Cc1ncn([C@@H]2S[C@H](CO)[C@@H](O)C2(F)F)c(=O)n1.Cc1ncn([C@@H]2S[C@H](CO)[C@@H](O)[C@@H]2F)c(=O)n1.Cc1ncn([C@@H]2S[C@H](CO)[C@@H](O)[C@H]2F)c(=O)n1. The van der Waals surface area contributed by atoms with Crippen molar-refractivity contribution in [2.24, 2.45) is 0 Å². The van der Waals surface area contributed by atoms with Crippen LogP contribution in [0, 0.1) is 20.8 Å². The van der Waals surface area contributed by atoms with E-state index in [1.807, 2.05) is 0 Å².